The average Bonchev–Trinajstić information content (AvgIpc) is 3.43. The number of hydrogen-bond acceptors (Lipinski definition) is 8. The van der Waals surface area contributed by atoms with Crippen LogP contribution in [0, 0.1) is 11.3 Å². The molecule has 0 saturated carbocycles. The van der Waals surface area contributed by atoms with Crippen molar-refractivity contribution in [1.29, 1.82) is 5.26 Å². The van der Waals surface area contributed by atoms with Gasteiger partial charge in [-0.3, -0.25) is 0 Å². The molecule has 154 valence electrons. The van der Waals surface area contributed by atoms with Crippen LogP contribution in [0.5, 0.6) is 0 Å². The third kappa shape index (κ3) is 3.23. The number of ether oxygens (including phenoxy) is 1. The molecule has 1 aliphatic carbocycles. The van der Waals surface area contributed by atoms with E-state index in [9.17, 15) is 5.26 Å². The minimum atomic E-state index is 0.610. The highest BCUT2D eigenvalue weighted by Gasteiger charge is 2.25. The second kappa shape index (κ2) is 7.88. The van der Waals surface area contributed by atoms with Gasteiger partial charge in [0.1, 0.15) is 18.2 Å². The highest BCUT2D eigenvalue weighted by molar-refractivity contribution is 5.83. The quantitative estimate of drug-likeness (QED) is 0.632. The Hall–Kier alpha value is -3.25. The molecular formula is C21H24N8O. The minimum Gasteiger partial charge on any atom is -0.383 e. The number of pyridine rings is 1. The van der Waals surface area contributed by atoms with Gasteiger partial charge in [-0.1, -0.05) is 0 Å². The maximum absolute atomic E-state index is 9.63. The van der Waals surface area contributed by atoms with Crippen LogP contribution >= 0.6 is 0 Å². The van der Waals surface area contributed by atoms with Crippen molar-refractivity contribution in [2.75, 3.05) is 49.7 Å². The summed E-state index contributed by atoms with van der Waals surface area (Å²) in [5, 5.41) is 9.63. The lowest BCUT2D eigenvalue weighted by Gasteiger charge is -2.36. The first-order chi connectivity index (χ1) is 14.8. The predicted octanol–water partition coefficient (Wildman–Crippen LogP) is 1.55. The molecule has 3 aromatic rings. The number of piperazine rings is 1. The molecular weight excluding hydrogens is 380 g/mol. The molecule has 0 atom stereocenters. The van der Waals surface area contributed by atoms with Crippen molar-refractivity contribution >= 4 is 22.8 Å². The first kappa shape index (κ1) is 18.8. The standard InChI is InChI=1S/C21H24N8O/c1-30-10-9-29-14-25-18-20(23-13-24-21(18)29)28-7-5-27(6-8-28)19-16(12-22)11-15-3-2-4-17(15)26-19/h11,13-14H,2-10H2,1H3. The number of fused-ring (bicyclic) bond motifs is 2. The number of rotatable bonds is 5. The van der Waals surface area contributed by atoms with E-state index in [-0.39, 0.29) is 0 Å². The number of aromatic nitrogens is 5. The van der Waals surface area contributed by atoms with Gasteiger partial charge in [-0.2, -0.15) is 5.26 Å². The van der Waals surface area contributed by atoms with Crippen molar-refractivity contribution in [3.63, 3.8) is 0 Å². The molecule has 2 aliphatic rings. The summed E-state index contributed by atoms with van der Waals surface area (Å²) in [6, 6.07) is 4.39. The Morgan fingerprint density at radius 2 is 1.87 bits per heavy atom. The van der Waals surface area contributed by atoms with Gasteiger partial charge in [0.2, 0.25) is 0 Å². The number of nitriles is 1. The van der Waals surface area contributed by atoms with E-state index in [1.807, 2.05) is 10.6 Å². The first-order valence-corrected chi connectivity index (χ1v) is 10.4. The number of methoxy groups -OCH3 is 1. The SMILES string of the molecule is COCCn1cnc2c(N3CCN(c4nc5c(cc4C#N)CCC5)CC3)ncnc21. The largest absolute Gasteiger partial charge is 0.383 e. The predicted molar refractivity (Wildman–Crippen MR) is 113 cm³/mol. The van der Waals surface area contributed by atoms with Crippen molar-refractivity contribution in [1.82, 2.24) is 24.5 Å². The summed E-state index contributed by atoms with van der Waals surface area (Å²) in [6.45, 7) is 4.48. The van der Waals surface area contributed by atoms with Crippen LogP contribution in [0.25, 0.3) is 11.2 Å². The third-order valence-corrected chi connectivity index (χ3v) is 5.95. The highest BCUT2D eigenvalue weighted by atomic mass is 16.5. The van der Waals surface area contributed by atoms with E-state index in [1.54, 1.807) is 19.8 Å². The van der Waals surface area contributed by atoms with E-state index in [1.165, 1.54) is 5.56 Å². The second-order valence-electron chi connectivity index (χ2n) is 7.71. The summed E-state index contributed by atoms with van der Waals surface area (Å²) in [6.07, 6.45) is 6.58. The molecule has 5 rings (SSSR count). The fourth-order valence-corrected chi connectivity index (χ4v) is 4.37. The van der Waals surface area contributed by atoms with Crippen LogP contribution in [-0.2, 0) is 24.1 Å². The van der Waals surface area contributed by atoms with Crippen LogP contribution in [0.3, 0.4) is 0 Å². The Labute approximate surface area is 174 Å². The lowest BCUT2D eigenvalue weighted by Crippen LogP contribution is -2.47. The normalized spacial score (nSPS) is 16.1. The Bertz CT molecular complexity index is 1110. The molecule has 1 aliphatic heterocycles. The van der Waals surface area contributed by atoms with Crippen molar-refractivity contribution in [3.05, 3.63) is 35.5 Å². The Balaban J connectivity index is 1.36. The van der Waals surface area contributed by atoms with E-state index in [0.29, 0.717) is 18.7 Å². The number of anilines is 2. The summed E-state index contributed by atoms with van der Waals surface area (Å²) in [4.78, 5) is 22.8. The van der Waals surface area contributed by atoms with Crippen molar-refractivity contribution in [2.24, 2.45) is 0 Å². The Morgan fingerprint density at radius 3 is 2.63 bits per heavy atom. The van der Waals surface area contributed by atoms with Gasteiger partial charge in [0, 0.05) is 45.5 Å². The molecule has 0 unspecified atom stereocenters. The molecule has 0 spiro atoms. The first-order valence-electron chi connectivity index (χ1n) is 10.4. The van der Waals surface area contributed by atoms with Crippen LogP contribution in [0.2, 0.25) is 0 Å². The van der Waals surface area contributed by atoms with Gasteiger partial charge in [-0.15, -0.1) is 0 Å². The van der Waals surface area contributed by atoms with Crippen LogP contribution in [-0.4, -0.2) is 64.4 Å². The third-order valence-electron chi connectivity index (χ3n) is 5.95. The Morgan fingerprint density at radius 1 is 1.07 bits per heavy atom. The summed E-state index contributed by atoms with van der Waals surface area (Å²) < 4.78 is 7.17. The molecule has 9 heteroatoms. The number of aryl methyl sites for hydroxylation is 2. The molecule has 0 N–H and O–H groups in total. The Kier molecular flexibility index (Phi) is 4.93. The molecule has 0 bridgehead atoms. The van der Waals surface area contributed by atoms with E-state index < -0.39 is 0 Å². The molecule has 0 amide bonds. The van der Waals surface area contributed by atoms with Gasteiger partial charge in [0.25, 0.3) is 0 Å². The van der Waals surface area contributed by atoms with E-state index >= 15 is 0 Å². The molecule has 9 nitrogen and oxygen atoms in total. The van der Waals surface area contributed by atoms with Crippen LogP contribution in [0.4, 0.5) is 11.6 Å². The fraction of sp³-hybridized carbons (Fsp3) is 0.476. The number of nitrogens with zero attached hydrogens (tertiary/aromatic N) is 8. The lowest BCUT2D eigenvalue weighted by atomic mass is 10.1. The smallest absolute Gasteiger partial charge is 0.165 e. The molecule has 1 fully saturated rings. The van der Waals surface area contributed by atoms with Crippen molar-refractivity contribution < 1.29 is 4.74 Å². The van der Waals surface area contributed by atoms with Gasteiger partial charge in [-0.05, 0) is 30.9 Å². The summed E-state index contributed by atoms with van der Waals surface area (Å²) in [7, 11) is 1.69. The highest BCUT2D eigenvalue weighted by Crippen LogP contribution is 2.29. The van der Waals surface area contributed by atoms with Gasteiger partial charge in [0.05, 0.1) is 18.5 Å². The second-order valence-corrected chi connectivity index (χ2v) is 7.71. The zero-order valence-electron chi connectivity index (χ0n) is 17.1. The maximum Gasteiger partial charge on any atom is 0.165 e. The van der Waals surface area contributed by atoms with E-state index in [4.69, 9.17) is 9.72 Å². The van der Waals surface area contributed by atoms with Gasteiger partial charge < -0.3 is 19.1 Å². The average molecular weight is 404 g/mol. The monoisotopic (exact) mass is 404 g/mol. The minimum absolute atomic E-state index is 0.610. The zero-order chi connectivity index (χ0) is 20.5. The van der Waals surface area contributed by atoms with Crippen molar-refractivity contribution in [3.8, 4) is 6.07 Å². The van der Waals surface area contributed by atoms with E-state index in [2.05, 4.69) is 30.8 Å². The number of imidazole rings is 1. The van der Waals surface area contributed by atoms with E-state index in [0.717, 1.165) is 73.9 Å². The summed E-state index contributed by atoms with van der Waals surface area (Å²) in [5.74, 6) is 1.69. The molecule has 0 radical (unpaired) electrons. The van der Waals surface area contributed by atoms with Crippen LogP contribution in [0.15, 0.2) is 18.7 Å². The fourth-order valence-electron chi connectivity index (χ4n) is 4.37. The molecule has 3 aromatic heterocycles. The number of hydrogen-bond donors (Lipinski definition) is 0. The lowest BCUT2D eigenvalue weighted by molar-refractivity contribution is 0.188. The zero-order valence-corrected chi connectivity index (χ0v) is 17.1. The topological polar surface area (TPSA) is 96.0 Å². The maximum atomic E-state index is 9.63. The summed E-state index contributed by atoms with van der Waals surface area (Å²) in [5.41, 5.74) is 4.72. The summed E-state index contributed by atoms with van der Waals surface area (Å²) >= 11 is 0. The van der Waals surface area contributed by atoms with Gasteiger partial charge >= 0.3 is 0 Å². The molecule has 30 heavy (non-hydrogen) atoms. The van der Waals surface area contributed by atoms with Crippen molar-refractivity contribution in [2.45, 2.75) is 25.8 Å². The van der Waals surface area contributed by atoms with Gasteiger partial charge in [-0.25, -0.2) is 19.9 Å². The van der Waals surface area contributed by atoms with Gasteiger partial charge in [0.15, 0.2) is 17.0 Å². The molecule has 0 aromatic carbocycles. The van der Waals surface area contributed by atoms with Crippen LogP contribution in [0.1, 0.15) is 23.2 Å². The molecule has 4 heterocycles. The van der Waals surface area contributed by atoms with Crippen LogP contribution < -0.4 is 9.80 Å². The molecule has 1 saturated heterocycles.